The molecule has 1 N–H and O–H groups in total. The molecule has 0 amide bonds. The third-order valence-electron chi connectivity index (χ3n) is 2.43. The van der Waals surface area contributed by atoms with Crippen molar-refractivity contribution in [3.8, 4) is 0 Å². The molecule has 1 aromatic rings. The number of nitrogens with zero attached hydrogens (tertiary/aromatic N) is 1. The van der Waals surface area contributed by atoms with Gasteiger partial charge in [0.1, 0.15) is 11.1 Å². The van der Waals surface area contributed by atoms with Crippen molar-refractivity contribution in [3.63, 3.8) is 0 Å². The number of thiazole rings is 1. The lowest BCUT2D eigenvalue weighted by atomic mass is 10.2. The molecule has 0 saturated carbocycles. The van der Waals surface area contributed by atoms with Gasteiger partial charge in [0.25, 0.3) is 0 Å². The Morgan fingerprint density at radius 3 is 3.13 bits per heavy atom. The first kappa shape index (κ1) is 10.6. The van der Waals surface area contributed by atoms with E-state index in [1.807, 2.05) is 6.92 Å². The fourth-order valence-corrected chi connectivity index (χ4v) is 2.69. The first-order valence-corrected chi connectivity index (χ1v) is 5.78. The highest BCUT2D eigenvalue weighted by atomic mass is 32.1. The minimum absolute atomic E-state index is 0.00898. The molecular formula is C10H13NO3S. The molecule has 1 aliphatic heterocycles. The molecule has 1 atom stereocenters. The second kappa shape index (κ2) is 4.28. The number of aromatic nitrogens is 1. The summed E-state index contributed by atoms with van der Waals surface area (Å²) in [5.74, 6) is -0.831. The summed E-state index contributed by atoms with van der Waals surface area (Å²) >= 11 is 1.55. The van der Waals surface area contributed by atoms with Crippen molar-refractivity contribution in [1.82, 2.24) is 4.98 Å². The van der Waals surface area contributed by atoms with E-state index in [9.17, 15) is 4.79 Å². The van der Waals surface area contributed by atoms with Crippen LogP contribution >= 0.6 is 11.3 Å². The van der Waals surface area contributed by atoms with Crippen LogP contribution in [0, 0.1) is 6.92 Å². The Morgan fingerprint density at radius 2 is 2.53 bits per heavy atom. The molecule has 2 heterocycles. The molecule has 0 spiro atoms. The maximum atomic E-state index is 10.6. The number of ether oxygens (including phenoxy) is 1. The lowest BCUT2D eigenvalue weighted by Gasteiger charge is -2.03. The Balaban J connectivity index is 2.16. The quantitative estimate of drug-likeness (QED) is 0.857. The predicted octanol–water partition coefficient (Wildman–Crippen LogP) is 1.93. The lowest BCUT2D eigenvalue weighted by molar-refractivity contribution is -0.136. The minimum atomic E-state index is -0.831. The molecular weight excluding hydrogens is 214 g/mol. The van der Waals surface area contributed by atoms with Gasteiger partial charge in [-0.1, -0.05) is 0 Å². The van der Waals surface area contributed by atoms with Gasteiger partial charge in [-0.2, -0.15) is 0 Å². The van der Waals surface area contributed by atoms with E-state index in [4.69, 9.17) is 9.84 Å². The van der Waals surface area contributed by atoms with Gasteiger partial charge in [-0.05, 0) is 19.8 Å². The zero-order chi connectivity index (χ0) is 10.8. The number of carboxylic acid groups (broad SMARTS) is 1. The Labute approximate surface area is 91.9 Å². The summed E-state index contributed by atoms with van der Waals surface area (Å²) in [7, 11) is 0. The number of aryl methyl sites for hydroxylation is 1. The molecule has 0 aromatic carbocycles. The van der Waals surface area contributed by atoms with Crippen molar-refractivity contribution >= 4 is 17.3 Å². The summed E-state index contributed by atoms with van der Waals surface area (Å²) in [5.41, 5.74) is 0.679. The Hall–Kier alpha value is -0.940. The molecule has 1 aliphatic rings. The van der Waals surface area contributed by atoms with Crippen LogP contribution in [-0.4, -0.2) is 22.7 Å². The Bertz CT molecular complexity index is 369. The molecule has 1 aromatic heterocycles. The average molecular weight is 227 g/mol. The molecule has 82 valence electrons. The third kappa shape index (κ3) is 2.35. The van der Waals surface area contributed by atoms with Crippen LogP contribution in [0.4, 0.5) is 0 Å². The molecule has 1 unspecified atom stereocenters. The van der Waals surface area contributed by atoms with E-state index < -0.39 is 5.97 Å². The van der Waals surface area contributed by atoms with Crippen LogP contribution < -0.4 is 0 Å². The maximum Gasteiger partial charge on any atom is 0.309 e. The first-order valence-electron chi connectivity index (χ1n) is 4.96. The summed E-state index contributed by atoms with van der Waals surface area (Å²) in [6, 6.07) is 0. The monoisotopic (exact) mass is 227 g/mol. The molecule has 4 nitrogen and oxygen atoms in total. The number of aliphatic carboxylic acids is 1. The topological polar surface area (TPSA) is 59.4 Å². The average Bonchev–Trinajstić information content (AvgIpc) is 2.75. The predicted molar refractivity (Wildman–Crippen MR) is 56.1 cm³/mol. The van der Waals surface area contributed by atoms with Crippen LogP contribution in [0.3, 0.4) is 0 Å². The lowest BCUT2D eigenvalue weighted by Crippen LogP contribution is -2.02. The minimum Gasteiger partial charge on any atom is -0.481 e. The SMILES string of the molecule is Cc1sc(C2CCCO2)nc1CC(=O)O. The maximum absolute atomic E-state index is 10.6. The fourth-order valence-electron chi connectivity index (χ4n) is 1.67. The number of rotatable bonds is 3. The van der Waals surface area contributed by atoms with Crippen molar-refractivity contribution in [3.05, 3.63) is 15.6 Å². The van der Waals surface area contributed by atoms with Crippen LogP contribution in [0.5, 0.6) is 0 Å². The van der Waals surface area contributed by atoms with Crippen molar-refractivity contribution < 1.29 is 14.6 Å². The Kier molecular flexibility index (Phi) is 3.02. The van der Waals surface area contributed by atoms with Crippen molar-refractivity contribution in [2.75, 3.05) is 6.61 Å². The fraction of sp³-hybridized carbons (Fsp3) is 0.600. The summed E-state index contributed by atoms with van der Waals surface area (Å²) < 4.78 is 5.51. The van der Waals surface area contributed by atoms with Crippen molar-refractivity contribution in [2.45, 2.75) is 32.3 Å². The van der Waals surface area contributed by atoms with Gasteiger partial charge in [-0.25, -0.2) is 4.98 Å². The van der Waals surface area contributed by atoms with E-state index in [0.29, 0.717) is 5.69 Å². The van der Waals surface area contributed by atoms with E-state index in [1.54, 1.807) is 11.3 Å². The zero-order valence-electron chi connectivity index (χ0n) is 8.52. The van der Waals surface area contributed by atoms with Gasteiger partial charge in [0.05, 0.1) is 12.1 Å². The largest absolute Gasteiger partial charge is 0.481 e. The van der Waals surface area contributed by atoms with Crippen molar-refractivity contribution in [1.29, 1.82) is 0 Å². The summed E-state index contributed by atoms with van der Waals surface area (Å²) in [6.07, 6.45) is 2.17. The van der Waals surface area contributed by atoms with Crippen LogP contribution in [0.25, 0.3) is 0 Å². The summed E-state index contributed by atoms with van der Waals surface area (Å²) in [5, 5.41) is 9.63. The van der Waals surface area contributed by atoms with Gasteiger partial charge >= 0.3 is 5.97 Å². The van der Waals surface area contributed by atoms with E-state index in [2.05, 4.69) is 4.98 Å². The Morgan fingerprint density at radius 1 is 1.73 bits per heavy atom. The number of hydrogen-bond donors (Lipinski definition) is 1. The first-order chi connectivity index (χ1) is 7.16. The van der Waals surface area contributed by atoms with E-state index in [0.717, 1.165) is 29.3 Å². The number of carbonyl (C=O) groups is 1. The highest BCUT2D eigenvalue weighted by Gasteiger charge is 2.22. The van der Waals surface area contributed by atoms with Crippen LogP contribution in [-0.2, 0) is 16.0 Å². The van der Waals surface area contributed by atoms with E-state index >= 15 is 0 Å². The van der Waals surface area contributed by atoms with Gasteiger partial charge in [0, 0.05) is 11.5 Å². The summed E-state index contributed by atoms with van der Waals surface area (Å²) in [4.78, 5) is 15.9. The third-order valence-corrected chi connectivity index (χ3v) is 3.54. The normalized spacial score (nSPS) is 20.7. The van der Waals surface area contributed by atoms with Gasteiger partial charge < -0.3 is 9.84 Å². The van der Waals surface area contributed by atoms with Crippen molar-refractivity contribution in [2.24, 2.45) is 0 Å². The smallest absolute Gasteiger partial charge is 0.309 e. The van der Waals surface area contributed by atoms with Gasteiger partial charge in [0.2, 0.25) is 0 Å². The standard InChI is InChI=1S/C10H13NO3S/c1-6-7(5-9(12)13)11-10(15-6)8-3-2-4-14-8/h8H,2-5H2,1H3,(H,12,13). The zero-order valence-corrected chi connectivity index (χ0v) is 9.34. The van der Waals surface area contributed by atoms with Crippen LogP contribution in [0.2, 0.25) is 0 Å². The van der Waals surface area contributed by atoms with E-state index in [-0.39, 0.29) is 12.5 Å². The second-order valence-corrected chi connectivity index (χ2v) is 4.86. The molecule has 1 saturated heterocycles. The van der Waals surface area contributed by atoms with E-state index in [1.165, 1.54) is 0 Å². The molecule has 1 fully saturated rings. The molecule has 0 bridgehead atoms. The van der Waals surface area contributed by atoms with Gasteiger partial charge in [-0.3, -0.25) is 4.79 Å². The second-order valence-electron chi connectivity index (χ2n) is 3.63. The molecule has 0 radical (unpaired) electrons. The van der Waals surface area contributed by atoms with Gasteiger partial charge in [0.15, 0.2) is 0 Å². The number of carboxylic acids is 1. The highest BCUT2D eigenvalue weighted by Crippen LogP contribution is 2.32. The number of hydrogen-bond acceptors (Lipinski definition) is 4. The van der Waals surface area contributed by atoms with Crippen LogP contribution in [0.15, 0.2) is 0 Å². The van der Waals surface area contributed by atoms with Crippen LogP contribution in [0.1, 0.15) is 34.5 Å². The molecule has 0 aliphatic carbocycles. The van der Waals surface area contributed by atoms with Gasteiger partial charge in [-0.15, -0.1) is 11.3 Å². The highest BCUT2D eigenvalue weighted by molar-refractivity contribution is 7.11. The molecule has 2 rings (SSSR count). The molecule has 15 heavy (non-hydrogen) atoms. The summed E-state index contributed by atoms with van der Waals surface area (Å²) in [6.45, 7) is 2.70. The molecule has 5 heteroatoms.